The van der Waals surface area contributed by atoms with Crippen LogP contribution in [-0.4, -0.2) is 0 Å². The molecule has 0 atom stereocenters. The van der Waals surface area contributed by atoms with E-state index in [-0.39, 0.29) is 19.5 Å². The third-order valence-corrected chi connectivity index (χ3v) is 0.556. The van der Waals surface area contributed by atoms with Crippen molar-refractivity contribution >= 4 is 7.81 Å². The summed E-state index contributed by atoms with van der Waals surface area (Å²) in [5.74, 6) is 0. The Hall–Kier alpha value is -0.907. The fourth-order valence-corrected chi connectivity index (χ4v) is 0.321. The first-order valence-electron chi connectivity index (χ1n) is 4.13. The van der Waals surface area contributed by atoms with Crippen molar-refractivity contribution in [2.24, 2.45) is 0 Å². The van der Waals surface area contributed by atoms with Gasteiger partial charge < -0.3 is 0 Å². The molecule has 0 aliphatic heterocycles. The molecular formula is C9H11F6N2PRu. The van der Waals surface area contributed by atoms with E-state index in [2.05, 4.69) is 0 Å². The molecule has 0 spiro atoms. The van der Waals surface area contributed by atoms with Gasteiger partial charge in [0.2, 0.25) is 0 Å². The second kappa shape index (κ2) is 9.95. The summed E-state index contributed by atoms with van der Waals surface area (Å²) in [5.41, 5.74) is 0. The number of rotatable bonds is 0. The summed E-state index contributed by atoms with van der Waals surface area (Å²) in [7, 11) is -10.7. The maximum atomic E-state index is 9.87. The molecule has 1 rings (SSSR count). The van der Waals surface area contributed by atoms with Crippen LogP contribution >= 0.6 is 7.81 Å². The zero-order valence-electron chi connectivity index (χ0n) is 9.85. The van der Waals surface area contributed by atoms with E-state index in [0.29, 0.717) is 0 Å². The molecule has 0 unspecified atom stereocenters. The largest absolute Gasteiger partial charge is 1.00 e. The molecular weight excluding hydrogens is 382 g/mol. The second-order valence-electron chi connectivity index (χ2n) is 2.37. The molecule has 19 heavy (non-hydrogen) atoms. The van der Waals surface area contributed by atoms with Crippen molar-refractivity contribution in [3.05, 3.63) is 30.7 Å². The van der Waals surface area contributed by atoms with E-state index in [1.165, 1.54) is 13.8 Å². The molecule has 10 heteroatoms. The molecule has 0 saturated heterocycles. The van der Waals surface area contributed by atoms with E-state index < -0.39 is 7.81 Å². The van der Waals surface area contributed by atoms with E-state index in [1.54, 1.807) is 12.1 Å². The second-order valence-corrected chi connectivity index (χ2v) is 4.28. The molecule has 112 valence electrons. The molecule has 0 fully saturated rings. The molecule has 1 aliphatic carbocycles. The summed E-state index contributed by atoms with van der Waals surface area (Å²) >= 11 is 0. The number of hydrogen-bond donors (Lipinski definition) is 0. The van der Waals surface area contributed by atoms with Gasteiger partial charge in [-0.15, -0.1) is 0 Å². The SMILES string of the molecule is CC#N.CC#N.F[P-](F)(F)(F)(F)F.[CH]1C=CC=C1.[Ru+]. The fraction of sp³-hybridized carbons (Fsp3) is 0.222. The Morgan fingerprint density at radius 3 is 0.947 bits per heavy atom. The van der Waals surface area contributed by atoms with Crippen molar-refractivity contribution in [2.45, 2.75) is 13.8 Å². The first-order valence-corrected chi connectivity index (χ1v) is 6.16. The van der Waals surface area contributed by atoms with Crippen LogP contribution in [0.2, 0.25) is 0 Å². The monoisotopic (exact) mass is 394 g/mol. The third kappa shape index (κ3) is 232. The van der Waals surface area contributed by atoms with E-state index in [9.17, 15) is 25.2 Å². The van der Waals surface area contributed by atoms with Crippen LogP contribution in [-0.2, 0) is 19.5 Å². The van der Waals surface area contributed by atoms with Crippen LogP contribution in [0.1, 0.15) is 13.8 Å². The maximum absolute atomic E-state index is 10.7. The van der Waals surface area contributed by atoms with Gasteiger partial charge in [-0.05, 0) is 0 Å². The Morgan fingerprint density at radius 2 is 0.895 bits per heavy atom. The Balaban J connectivity index is -0.0000000830. The van der Waals surface area contributed by atoms with Crippen LogP contribution in [0.3, 0.4) is 0 Å². The zero-order chi connectivity index (χ0) is 15.4. The van der Waals surface area contributed by atoms with E-state index in [0.717, 1.165) is 0 Å². The molecule has 0 bridgehead atoms. The summed E-state index contributed by atoms with van der Waals surface area (Å²) in [5, 5.41) is 14.6. The molecule has 0 saturated carbocycles. The van der Waals surface area contributed by atoms with Gasteiger partial charge in [-0.2, -0.15) is 10.5 Å². The first kappa shape index (κ1) is 26.6. The molecule has 2 nitrogen and oxygen atoms in total. The third-order valence-electron chi connectivity index (χ3n) is 0.556. The number of allylic oxidation sites excluding steroid dienone is 4. The first-order chi connectivity index (χ1) is 7.78. The van der Waals surface area contributed by atoms with Crippen molar-refractivity contribution in [2.75, 3.05) is 0 Å². The smallest absolute Gasteiger partial charge is 0.0767 e. The summed E-state index contributed by atoms with van der Waals surface area (Å²) in [6, 6.07) is 3.50. The Kier molecular flexibility index (Phi) is 13.9. The van der Waals surface area contributed by atoms with Gasteiger partial charge in [0.15, 0.2) is 0 Å². The fourth-order valence-electron chi connectivity index (χ4n) is 0.321. The quantitative estimate of drug-likeness (QED) is 0.299. The summed E-state index contributed by atoms with van der Waals surface area (Å²) < 4.78 is 59.2. The van der Waals surface area contributed by atoms with E-state index in [1.807, 2.05) is 30.7 Å². The summed E-state index contributed by atoms with van der Waals surface area (Å²) in [6.07, 6.45) is 10.0. The standard InChI is InChI=1S/C5H5.2C2H3N.F6P.Ru/c1-2-4-5-3-1;2*1-2-3;1-7(2,3,4,5)6;/h1-5H;2*1H3;;/q;;;-1;+1. The molecule has 0 N–H and O–H groups in total. The van der Waals surface area contributed by atoms with Crippen LogP contribution in [0.4, 0.5) is 25.2 Å². The van der Waals surface area contributed by atoms with Crippen LogP contribution in [0.25, 0.3) is 0 Å². The van der Waals surface area contributed by atoms with Crippen molar-refractivity contribution < 1.29 is 44.7 Å². The summed E-state index contributed by atoms with van der Waals surface area (Å²) in [4.78, 5) is 0. The van der Waals surface area contributed by atoms with Gasteiger partial charge in [-0.25, -0.2) is 0 Å². The van der Waals surface area contributed by atoms with Gasteiger partial charge in [-0.3, -0.25) is 0 Å². The minimum Gasteiger partial charge on any atom is -0.0767 e. The number of nitriles is 2. The Labute approximate surface area is 120 Å². The molecule has 0 amide bonds. The average Bonchev–Trinajstić information content (AvgIpc) is 2.55. The van der Waals surface area contributed by atoms with E-state index in [4.69, 9.17) is 10.5 Å². The van der Waals surface area contributed by atoms with Crippen LogP contribution in [0.5, 0.6) is 0 Å². The Bertz CT molecular complexity index is 326. The minimum atomic E-state index is -10.7. The van der Waals surface area contributed by atoms with Crippen molar-refractivity contribution in [1.82, 2.24) is 0 Å². The average molecular weight is 393 g/mol. The minimum absolute atomic E-state index is 0. The zero-order valence-corrected chi connectivity index (χ0v) is 12.5. The van der Waals surface area contributed by atoms with Gasteiger partial charge in [0.05, 0.1) is 12.1 Å². The van der Waals surface area contributed by atoms with Gasteiger partial charge in [0.25, 0.3) is 0 Å². The molecule has 2 radical (unpaired) electrons. The molecule has 1 aliphatic rings. The molecule has 0 heterocycles. The number of halogens is 6. The van der Waals surface area contributed by atoms with Crippen molar-refractivity contribution in [3.63, 3.8) is 0 Å². The predicted molar refractivity (Wildman–Crippen MR) is 58.7 cm³/mol. The normalized spacial score (nSPS) is 14.0. The van der Waals surface area contributed by atoms with Crippen molar-refractivity contribution in [3.8, 4) is 12.1 Å². The maximum Gasteiger partial charge on any atom is 1.00 e. The molecule has 0 aromatic carbocycles. The molecule has 0 aromatic heterocycles. The van der Waals surface area contributed by atoms with Gasteiger partial charge in [0.1, 0.15) is 0 Å². The topological polar surface area (TPSA) is 47.6 Å². The molecule has 0 aromatic rings. The van der Waals surface area contributed by atoms with Gasteiger partial charge >= 0.3 is 52.5 Å². The van der Waals surface area contributed by atoms with Crippen molar-refractivity contribution in [1.29, 1.82) is 10.5 Å². The van der Waals surface area contributed by atoms with E-state index >= 15 is 0 Å². The van der Waals surface area contributed by atoms with Gasteiger partial charge in [0, 0.05) is 20.3 Å². The number of nitrogens with zero attached hydrogens (tertiary/aromatic N) is 2. The number of hydrogen-bond acceptors (Lipinski definition) is 2. The van der Waals surface area contributed by atoms with Crippen LogP contribution < -0.4 is 0 Å². The van der Waals surface area contributed by atoms with Crippen LogP contribution in [0, 0.1) is 29.1 Å². The predicted octanol–water partition coefficient (Wildman–Crippen LogP) is 5.76. The van der Waals surface area contributed by atoms with Gasteiger partial charge in [-0.1, -0.05) is 24.3 Å². The Morgan fingerprint density at radius 1 is 0.737 bits per heavy atom. The summed E-state index contributed by atoms with van der Waals surface area (Å²) in [6.45, 7) is 2.86. The van der Waals surface area contributed by atoms with Crippen LogP contribution in [0.15, 0.2) is 24.3 Å².